The predicted molar refractivity (Wildman–Crippen MR) is 157 cm³/mol. The van der Waals surface area contributed by atoms with E-state index in [-0.39, 0.29) is 24.1 Å². The second kappa shape index (κ2) is 13.6. The van der Waals surface area contributed by atoms with Crippen molar-refractivity contribution >= 4 is 29.0 Å². The number of benzene rings is 1. The molecular formula is C30H44N6O3. The maximum atomic E-state index is 12.5. The van der Waals surface area contributed by atoms with Crippen molar-refractivity contribution in [1.29, 1.82) is 0 Å². The van der Waals surface area contributed by atoms with Gasteiger partial charge in [0.05, 0.1) is 11.9 Å². The SMILES string of the molecule is CCN(CC)C(=O)CC(C)N(C)C1CCN(c2ccc(NC(=O)Nc3ccc(OC4CCCC4)nc3)cc2)C1. The van der Waals surface area contributed by atoms with Gasteiger partial charge in [-0.25, -0.2) is 9.78 Å². The van der Waals surface area contributed by atoms with Gasteiger partial charge in [-0.05, 0) is 90.3 Å². The van der Waals surface area contributed by atoms with Crippen molar-refractivity contribution in [3.05, 3.63) is 42.6 Å². The molecule has 39 heavy (non-hydrogen) atoms. The summed E-state index contributed by atoms with van der Waals surface area (Å²) in [6.07, 6.45) is 8.06. The fraction of sp³-hybridized carbons (Fsp3) is 0.567. The Morgan fingerprint density at radius 3 is 2.33 bits per heavy atom. The molecule has 212 valence electrons. The van der Waals surface area contributed by atoms with Gasteiger partial charge in [-0.15, -0.1) is 0 Å². The zero-order valence-corrected chi connectivity index (χ0v) is 23.9. The van der Waals surface area contributed by atoms with Gasteiger partial charge in [-0.2, -0.15) is 0 Å². The molecule has 0 radical (unpaired) electrons. The second-order valence-corrected chi connectivity index (χ2v) is 10.7. The second-order valence-electron chi connectivity index (χ2n) is 10.7. The Morgan fingerprint density at radius 2 is 1.69 bits per heavy atom. The first kappa shape index (κ1) is 28.7. The normalized spacial score (nSPS) is 18.3. The minimum atomic E-state index is -0.315. The van der Waals surface area contributed by atoms with Gasteiger partial charge in [0.15, 0.2) is 0 Å². The number of pyridine rings is 1. The van der Waals surface area contributed by atoms with Gasteiger partial charge in [-0.1, -0.05) is 0 Å². The Hall–Kier alpha value is -3.33. The van der Waals surface area contributed by atoms with Gasteiger partial charge in [-0.3, -0.25) is 9.69 Å². The molecule has 0 bridgehead atoms. The number of likely N-dealkylation sites (N-methyl/N-ethyl adjacent to an activating group) is 1. The van der Waals surface area contributed by atoms with Gasteiger partial charge >= 0.3 is 6.03 Å². The van der Waals surface area contributed by atoms with Crippen LogP contribution in [0.3, 0.4) is 0 Å². The lowest BCUT2D eigenvalue weighted by atomic mass is 10.1. The minimum Gasteiger partial charge on any atom is -0.474 e. The van der Waals surface area contributed by atoms with E-state index in [1.165, 1.54) is 12.8 Å². The zero-order chi connectivity index (χ0) is 27.8. The number of hydrogen-bond donors (Lipinski definition) is 2. The number of aromatic nitrogens is 1. The molecule has 2 unspecified atom stereocenters. The lowest BCUT2D eigenvalue weighted by Crippen LogP contribution is -2.43. The summed E-state index contributed by atoms with van der Waals surface area (Å²) in [7, 11) is 2.13. The van der Waals surface area contributed by atoms with Crippen LogP contribution in [0.2, 0.25) is 0 Å². The molecule has 1 aliphatic heterocycles. The fourth-order valence-electron chi connectivity index (χ4n) is 5.52. The molecular weight excluding hydrogens is 492 g/mol. The molecule has 1 aliphatic carbocycles. The number of nitrogens with zero attached hydrogens (tertiary/aromatic N) is 4. The van der Waals surface area contributed by atoms with E-state index < -0.39 is 0 Å². The number of carbonyl (C=O) groups is 2. The maximum absolute atomic E-state index is 12.5. The van der Waals surface area contributed by atoms with Gasteiger partial charge in [0, 0.05) is 62.1 Å². The van der Waals surface area contributed by atoms with E-state index in [4.69, 9.17) is 4.74 Å². The van der Waals surface area contributed by atoms with E-state index in [9.17, 15) is 9.59 Å². The number of ether oxygens (including phenoxy) is 1. The Bertz CT molecular complexity index is 1070. The maximum Gasteiger partial charge on any atom is 0.323 e. The summed E-state index contributed by atoms with van der Waals surface area (Å²) in [5.41, 5.74) is 2.47. The van der Waals surface area contributed by atoms with Crippen molar-refractivity contribution in [3.63, 3.8) is 0 Å². The van der Waals surface area contributed by atoms with Crippen molar-refractivity contribution in [3.8, 4) is 5.88 Å². The highest BCUT2D eigenvalue weighted by Gasteiger charge is 2.29. The molecule has 2 aromatic rings. The molecule has 2 heterocycles. The first-order chi connectivity index (χ1) is 18.9. The molecule has 4 rings (SSSR count). The molecule has 1 aromatic carbocycles. The lowest BCUT2D eigenvalue weighted by Gasteiger charge is -2.32. The number of nitrogens with one attached hydrogen (secondary N) is 2. The van der Waals surface area contributed by atoms with Crippen molar-refractivity contribution in [1.82, 2.24) is 14.8 Å². The van der Waals surface area contributed by atoms with E-state index in [0.29, 0.717) is 24.0 Å². The monoisotopic (exact) mass is 536 g/mol. The summed E-state index contributed by atoms with van der Waals surface area (Å²) < 4.78 is 5.89. The van der Waals surface area contributed by atoms with Crippen LogP contribution in [0.1, 0.15) is 59.3 Å². The molecule has 1 aromatic heterocycles. The molecule has 1 saturated heterocycles. The molecule has 9 heteroatoms. The van der Waals surface area contributed by atoms with Crippen LogP contribution in [0.4, 0.5) is 21.9 Å². The molecule has 2 atom stereocenters. The van der Waals surface area contributed by atoms with Crippen LogP contribution < -0.4 is 20.3 Å². The van der Waals surface area contributed by atoms with E-state index in [2.05, 4.69) is 39.4 Å². The van der Waals surface area contributed by atoms with Crippen LogP contribution in [0.5, 0.6) is 5.88 Å². The summed E-state index contributed by atoms with van der Waals surface area (Å²) >= 11 is 0. The Labute approximate surface area is 232 Å². The average Bonchev–Trinajstić information content (AvgIpc) is 3.63. The lowest BCUT2D eigenvalue weighted by molar-refractivity contribution is -0.132. The number of hydrogen-bond acceptors (Lipinski definition) is 6. The molecule has 1 saturated carbocycles. The van der Waals surface area contributed by atoms with Crippen LogP contribution >= 0.6 is 0 Å². The van der Waals surface area contributed by atoms with Crippen LogP contribution in [-0.2, 0) is 4.79 Å². The first-order valence-corrected chi connectivity index (χ1v) is 14.4. The Balaban J connectivity index is 1.23. The highest BCUT2D eigenvalue weighted by Crippen LogP contribution is 2.26. The Kier molecular flexibility index (Phi) is 10.0. The fourth-order valence-corrected chi connectivity index (χ4v) is 5.52. The number of carbonyl (C=O) groups excluding carboxylic acids is 2. The largest absolute Gasteiger partial charge is 0.474 e. The summed E-state index contributed by atoms with van der Waals surface area (Å²) in [5, 5.41) is 5.72. The number of amides is 3. The van der Waals surface area contributed by atoms with E-state index in [1.54, 1.807) is 18.3 Å². The standard InChI is InChI=1S/C30H44N6O3/c1-5-35(6-2)29(37)19-22(3)34(4)26-17-18-36(21-26)25-14-11-23(12-15-25)32-30(38)33-24-13-16-28(31-20-24)39-27-9-7-8-10-27/h11-16,20,22,26-27H,5-10,17-19,21H2,1-4H3,(H2,32,33,38). The summed E-state index contributed by atoms with van der Waals surface area (Å²) in [5.74, 6) is 0.823. The highest BCUT2D eigenvalue weighted by atomic mass is 16.5. The molecule has 2 aliphatic rings. The Morgan fingerprint density at radius 1 is 1.03 bits per heavy atom. The van der Waals surface area contributed by atoms with Crippen LogP contribution in [-0.4, -0.2) is 78.1 Å². The number of urea groups is 1. The minimum absolute atomic E-state index is 0.194. The van der Waals surface area contributed by atoms with Crippen LogP contribution in [0.25, 0.3) is 0 Å². The summed E-state index contributed by atoms with van der Waals surface area (Å²) in [6.45, 7) is 9.60. The van der Waals surface area contributed by atoms with Crippen molar-refractivity contribution in [2.45, 2.75) is 77.5 Å². The average molecular weight is 537 g/mol. The van der Waals surface area contributed by atoms with E-state index in [0.717, 1.165) is 56.8 Å². The highest BCUT2D eigenvalue weighted by molar-refractivity contribution is 5.99. The first-order valence-electron chi connectivity index (χ1n) is 14.4. The predicted octanol–water partition coefficient (Wildman–Crippen LogP) is 5.20. The van der Waals surface area contributed by atoms with Gasteiger partial charge < -0.3 is 25.2 Å². The summed E-state index contributed by atoms with van der Waals surface area (Å²) in [6, 6.07) is 11.8. The van der Waals surface area contributed by atoms with Gasteiger partial charge in [0.1, 0.15) is 6.10 Å². The quantitative estimate of drug-likeness (QED) is 0.410. The van der Waals surface area contributed by atoms with Gasteiger partial charge in [0.2, 0.25) is 11.8 Å². The molecule has 9 nitrogen and oxygen atoms in total. The van der Waals surface area contributed by atoms with Crippen molar-refractivity contribution in [2.75, 3.05) is 48.8 Å². The van der Waals surface area contributed by atoms with Crippen molar-refractivity contribution < 1.29 is 14.3 Å². The topological polar surface area (TPSA) is 90.0 Å². The molecule has 2 fully saturated rings. The number of anilines is 3. The van der Waals surface area contributed by atoms with Gasteiger partial charge in [0.25, 0.3) is 0 Å². The third kappa shape index (κ3) is 7.85. The van der Waals surface area contributed by atoms with Crippen LogP contribution in [0, 0.1) is 0 Å². The van der Waals surface area contributed by atoms with E-state index in [1.807, 2.05) is 43.0 Å². The van der Waals surface area contributed by atoms with Crippen molar-refractivity contribution in [2.24, 2.45) is 0 Å². The molecule has 2 N–H and O–H groups in total. The molecule has 0 spiro atoms. The molecule has 3 amide bonds. The third-order valence-electron chi connectivity index (χ3n) is 8.09. The summed E-state index contributed by atoms with van der Waals surface area (Å²) in [4.78, 5) is 36.0. The number of rotatable bonds is 11. The van der Waals surface area contributed by atoms with E-state index >= 15 is 0 Å². The third-order valence-corrected chi connectivity index (χ3v) is 8.09. The smallest absolute Gasteiger partial charge is 0.323 e. The van der Waals surface area contributed by atoms with Crippen LogP contribution in [0.15, 0.2) is 42.6 Å². The zero-order valence-electron chi connectivity index (χ0n) is 23.9.